The van der Waals surface area contributed by atoms with E-state index in [0.29, 0.717) is 101 Å². The van der Waals surface area contributed by atoms with Gasteiger partial charge in [-0.1, -0.05) is 48.6 Å². The highest BCUT2D eigenvalue weighted by atomic mass is 32.1. The third-order valence-electron chi connectivity index (χ3n) is 18.2. The number of rotatable bonds is 31. The van der Waals surface area contributed by atoms with E-state index in [2.05, 4.69) is 69.3 Å². The van der Waals surface area contributed by atoms with Gasteiger partial charge in [-0.15, -0.1) is 15.3 Å². The number of pyridine rings is 1. The van der Waals surface area contributed by atoms with Crippen LogP contribution in [0.25, 0.3) is 15.8 Å². The van der Waals surface area contributed by atoms with Crippen LogP contribution in [0.3, 0.4) is 0 Å². The summed E-state index contributed by atoms with van der Waals surface area (Å²) >= 11 is 1.52. The molecule has 4 bridgehead atoms. The number of fused-ring (bicyclic) bond motifs is 2. The van der Waals surface area contributed by atoms with Crippen LogP contribution in [-0.2, 0) is 53.0 Å². The van der Waals surface area contributed by atoms with Crippen LogP contribution in [0.4, 0.5) is 28.3 Å². The number of thiazole rings is 1. The van der Waals surface area contributed by atoms with E-state index in [1.807, 2.05) is 61.3 Å². The van der Waals surface area contributed by atoms with Crippen LogP contribution in [-0.4, -0.2) is 170 Å². The third-order valence-corrected chi connectivity index (χ3v) is 19.1. The minimum absolute atomic E-state index is 0.0408. The number of benzene rings is 2. The number of anilines is 5. The average Bonchev–Trinajstić information content (AvgIpc) is 0.930. The van der Waals surface area contributed by atoms with Crippen molar-refractivity contribution in [3.63, 3.8) is 0 Å². The Balaban J connectivity index is 0.665. The Kier molecular flexibility index (Phi) is 19.9. The number of aromatic nitrogens is 7. The highest BCUT2D eigenvalue weighted by Crippen LogP contribution is 2.71. The predicted octanol–water partition coefficient (Wildman–Crippen LogP) is 8.24. The number of hydrogen-bond donors (Lipinski definition) is 5. The maximum atomic E-state index is 13.3. The number of para-hydroxylation sites is 1. The fraction of sp³-hybridized carbons (Fsp3) is 0.515. The lowest BCUT2D eigenvalue weighted by molar-refractivity contribution is -0.242. The Morgan fingerprint density at radius 1 is 0.880 bits per heavy atom. The molecule has 6 heterocycles. The monoisotopic (exact) mass is 1280 g/mol. The Morgan fingerprint density at radius 3 is 2.41 bits per heavy atom. The number of aromatic carboxylic acids is 1. The molecule has 4 aromatic heterocycles. The number of carboxylic acid groups (broad SMARTS) is 1. The fourth-order valence-corrected chi connectivity index (χ4v) is 16.1. The maximum absolute atomic E-state index is 13.3. The number of unbranched alkanes of at least 4 members (excludes halogenated alkanes) is 2. The number of nitrogens with one attached hydrogen (secondary N) is 3. The van der Waals surface area contributed by atoms with Crippen LogP contribution < -0.4 is 26.6 Å². The van der Waals surface area contributed by atoms with E-state index in [4.69, 9.17) is 39.6 Å². The van der Waals surface area contributed by atoms with E-state index in [9.17, 15) is 29.1 Å². The normalized spacial score (nSPS) is 22.8. The molecule has 4 aliphatic carbocycles. The van der Waals surface area contributed by atoms with Gasteiger partial charge in [-0.3, -0.25) is 34.2 Å². The van der Waals surface area contributed by atoms with Gasteiger partial charge in [-0.2, -0.15) is 0 Å². The quantitative estimate of drug-likeness (QED) is 0.0155. The van der Waals surface area contributed by atoms with Crippen LogP contribution in [0.5, 0.6) is 0 Å². The average molecular weight is 1280 g/mol. The zero-order chi connectivity index (χ0) is 64.8. The molecule has 488 valence electrons. The Morgan fingerprint density at radius 2 is 1.66 bits per heavy atom. The first-order chi connectivity index (χ1) is 44.2. The first-order valence-electron chi connectivity index (χ1n) is 31.6. The Labute approximate surface area is 538 Å². The van der Waals surface area contributed by atoms with Gasteiger partial charge in [0.05, 0.1) is 61.7 Å². The van der Waals surface area contributed by atoms with Gasteiger partial charge in [-0.25, -0.2) is 14.8 Å². The number of carbonyl (C=O) groups excluding carboxylic acids is 4. The number of ether oxygens (including phenoxy) is 4. The largest absolute Gasteiger partial charge is 0.476 e. The molecule has 1 saturated heterocycles. The van der Waals surface area contributed by atoms with Crippen LogP contribution in [0.1, 0.15) is 135 Å². The van der Waals surface area contributed by atoms with Crippen molar-refractivity contribution < 1.29 is 48.0 Å². The summed E-state index contributed by atoms with van der Waals surface area (Å²) in [6.45, 7) is 13.0. The number of aryl methyl sites for hydroxylation is 2. The summed E-state index contributed by atoms with van der Waals surface area (Å²) in [5.74, 6) is -1.36. The molecular weight excluding hydrogens is 1190 g/mol. The molecule has 0 spiro atoms. The highest BCUT2D eigenvalue weighted by Gasteiger charge is 2.66. The number of carboxylic acids is 1. The number of imide groups is 1. The number of nitrogens with zero attached hydrogens (tertiary/aromatic N) is 11. The second kappa shape index (κ2) is 28.0. The van der Waals surface area contributed by atoms with Gasteiger partial charge in [0.25, 0.3) is 5.91 Å². The van der Waals surface area contributed by atoms with Gasteiger partial charge in [0, 0.05) is 79.0 Å². The van der Waals surface area contributed by atoms with E-state index in [-0.39, 0.29) is 91.8 Å². The van der Waals surface area contributed by atoms with Crippen molar-refractivity contribution >= 4 is 90.7 Å². The van der Waals surface area contributed by atoms with Crippen molar-refractivity contribution in [1.82, 2.24) is 50.3 Å². The number of allylic oxidation sites excluding steroid dienone is 1. The van der Waals surface area contributed by atoms with Crippen molar-refractivity contribution in [3.05, 3.63) is 107 Å². The summed E-state index contributed by atoms with van der Waals surface area (Å²) in [4.78, 5) is 83.8. The van der Waals surface area contributed by atoms with Crippen LogP contribution in [0.15, 0.2) is 78.1 Å². The third kappa shape index (κ3) is 15.2. The zero-order valence-electron chi connectivity index (χ0n) is 53.3. The van der Waals surface area contributed by atoms with Crippen molar-refractivity contribution in [3.8, 4) is 0 Å². The van der Waals surface area contributed by atoms with Crippen molar-refractivity contribution in [2.24, 2.45) is 27.0 Å². The lowest BCUT2D eigenvalue weighted by atomic mass is 9.39. The topological polar surface area (TPSA) is 309 Å². The van der Waals surface area contributed by atoms with Crippen molar-refractivity contribution in [2.75, 3.05) is 88.9 Å². The first kappa shape index (κ1) is 65.4. The van der Waals surface area contributed by atoms with Gasteiger partial charge in [0.1, 0.15) is 24.2 Å². The molecule has 2 aromatic carbocycles. The second-order valence-corrected chi connectivity index (χ2v) is 27.4. The Bertz CT molecular complexity index is 3740. The standard InChI is InChI=1S/C66H83N15O10S/c1-42-29-54(75-76-58(42)73-62-70-50-14-8-9-16-52(50)92-62)80(53-19-17-45(57(71-53)61(86)87)47(30-67)43(2)68-41-65-36-63(3)35-64(4,37-65)39-66(38-63,40-65)91-24-23-78(5)6)22-11-7-10-21-79-31-44(74-77-79)33-89-27-25-88-26-28-90-34-56(83)69-49-15-12-13-46-48(49)32-81(60(46)85)51-18-20-55(82)72-59(51)84/h8-9,12-17,19,29-31,51H,7,10-11,18,20-28,32-41,67H2,1-6H3,(H,69,83)(H,86,87)(H,70,73,76)(H,72,82,84)/b47-30+,68-43?. The molecule has 12 rings (SSSR count). The summed E-state index contributed by atoms with van der Waals surface area (Å²) in [6, 6.07) is 17.7. The minimum atomic E-state index is -1.20. The number of hydrogen-bond acceptors (Lipinski definition) is 21. The summed E-state index contributed by atoms with van der Waals surface area (Å²) in [5, 5.41) is 37.9. The molecule has 25 nitrogen and oxygen atoms in total. The lowest BCUT2D eigenvalue weighted by Crippen LogP contribution is -2.64. The molecule has 2 aliphatic heterocycles. The molecule has 3 atom stereocenters. The molecule has 4 amide bonds. The number of nitrogens with two attached hydrogens (primary N) is 1. The summed E-state index contributed by atoms with van der Waals surface area (Å²) in [7, 11) is 4.16. The number of amides is 4. The van der Waals surface area contributed by atoms with Gasteiger partial charge in [0.2, 0.25) is 17.7 Å². The molecular formula is C66H83N15O10S. The summed E-state index contributed by atoms with van der Waals surface area (Å²) in [6.07, 6.45) is 12.4. The molecule has 6 aliphatic rings. The van der Waals surface area contributed by atoms with Gasteiger partial charge in [-0.05, 0) is 156 Å². The van der Waals surface area contributed by atoms with E-state index in [1.54, 1.807) is 28.9 Å². The molecule has 6 N–H and O–H groups in total. The van der Waals surface area contributed by atoms with E-state index in [0.717, 1.165) is 67.3 Å². The highest BCUT2D eigenvalue weighted by molar-refractivity contribution is 7.22. The van der Waals surface area contributed by atoms with Crippen LogP contribution in [0, 0.1) is 23.2 Å². The second-order valence-electron chi connectivity index (χ2n) is 26.4. The molecule has 3 unspecified atom stereocenters. The molecule has 6 aromatic rings. The molecule has 0 radical (unpaired) electrons. The van der Waals surface area contributed by atoms with Crippen molar-refractivity contribution in [1.29, 1.82) is 0 Å². The van der Waals surface area contributed by atoms with Crippen LogP contribution >= 0.6 is 11.3 Å². The summed E-state index contributed by atoms with van der Waals surface area (Å²) < 4.78 is 26.7. The minimum Gasteiger partial charge on any atom is -0.476 e. The molecule has 5 fully saturated rings. The molecule has 92 heavy (non-hydrogen) atoms. The number of aliphatic imine (C=N–C) groups is 1. The smallest absolute Gasteiger partial charge is 0.355 e. The zero-order valence-corrected chi connectivity index (χ0v) is 54.1. The number of carbonyl (C=O) groups is 5. The number of likely N-dealkylation sites (N-methyl/N-ethyl adjacent to an activating group) is 1. The Hall–Kier alpha value is -8.14. The van der Waals surface area contributed by atoms with E-state index in [1.165, 1.54) is 28.9 Å². The fourth-order valence-electron chi connectivity index (χ4n) is 15.3. The SMILES string of the molecule is CC(=NCC12CC3(C)CC(C)(C1)CC(OCCN(C)C)(C3)C2)/C(=C\N)c1ccc(N(CCCCCn2cc(COCCOCCOCC(=O)Nc3cccc4c3CN(C3CCC(=O)NC3=O)C4=O)nn2)c2cc(C)c(Nc3nc4ccccc4s3)nn2)nc1C(=O)O. The van der Waals surface area contributed by atoms with Gasteiger partial charge < -0.3 is 55.1 Å². The van der Waals surface area contributed by atoms with Gasteiger partial charge >= 0.3 is 5.97 Å². The lowest BCUT2D eigenvalue weighted by Gasteiger charge is -2.69. The van der Waals surface area contributed by atoms with Crippen LogP contribution in [0.2, 0.25) is 0 Å². The molecule has 4 saturated carbocycles. The van der Waals surface area contributed by atoms with E-state index < -0.39 is 23.8 Å². The van der Waals surface area contributed by atoms with Crippen molar-refractivity contribution in [2.45, 2.75) is 130 Å². The summed E-state index contributed by atoms with van der Waals surface area (Å²) in [5.41, 5.74) is 11.7. The first-order valence-corrected chi connectivity index (χ1v) is 32.4. The molecule has 26 heteroatoms. The van der Waals surface area contributed by atoms with Gasteiger partial charge in [0.15, 0.2) is 22.5 Å². The number of piperidine rings is 1. The predicted molar refractivity (Wildman–Crippen MR) is 348 cm³/mol. The maximum Gasteiger partial charge on any atom is 0.355 e. The van der Waals surface area contributed by atoms with E-state index >= 15 is 0 Å².